The summed E-state index contributed by atoms with van der Waals surface area (Å²) >= 11 is 0. The summed E-state index contributed by atoms with van der Waals surface area (Å²) in [5, 5.41) is 0. The van der Waals surface area contributed by atoms with Crippen LogP contribution in [0.4, 0.5) is 18.9 Å². The molecule has 0 amide bonds. The summed E-state index contributed by atoms with van der Waals surface area (Å²) in [5.41, 5.74) is 0.415. The summed E-state index contributed by atoms with van der Waals surface area (Å²) in [6.07, 6.45) is 1.98. The lowest BCUT2D eigenvalue weighted by atomic mass is 10.2. The standard InChI is InChI=1S/C11H12F3NO/c12-8-4-3-5-9(10(8)16-11(13)14)15-6-1-2-7-15/h3-5,11H,1-2,6-7H2. The van der Waals surface area contributed by atoms with Gasteiger partial charge >= 0.3 is 6.61 Å². The average Bonchev–Trinajstić information content (AvgIpc) is 2.73. The number of benzene rings is 1. The molecule has 2 nitrogen and oxygen atoms in total. The van der Waals surface area contributed by atoms with Gasteiger partial charge in [-0.3, -0.25) is 0 Å². The first-order valence-corrected chi connectivity index (χ1v) is 5.17. The van der Waals surface area contributed by atoms with Gasteiger partial charge in [0.1, 0.15) is 0 Å². The highest BCUT2D eigenvalue weighted by molar-refractivity contribution is 5.59. The van der Waals surface area contributed by atoms with E-state index in [0.29, 0.717) is 5.69 Å². The number of anilines is 1. The average molecular weight is 231 g/mol. The molecular formula is C11H12F3NO. The van der Waals surface area contributed by atoms with Crippen LogP contribution in [0.25, 0.3) is 0 Å². The van der Waals surface area contributed by atoms with E-state index in [1.165, 1.54) is 6.07 Å². The third-order valence-corrected chi connectivity index (χ3v) is 2.60. The number of hydrogen-bond acceptors (Lipinski definition) is 2. The van der Waals surface area contributed by atoms with E-state index >= 15 is 0 Å². The van der Waals surface area contributed by atoms with Crippen molar-refractivity contribution >= 4 is 5.69 Å². The van der Waals surface area contributed by atoms with Gasteiger partial charge in [0, 0.05) is 13.1 Å². The van der Waals surface area contributed by atoms with Gasteiger partial charge in [0.15, 0.2) is 11.6 Å². The van der Waals surface area contributed by atoms with Crippen molar-refractivity contribution in [3.8, 4) is 5.75 Å². The van der Waals surface area contributed by atoms with E-state index in [1.54, 1.807) is 6.07 Å². The largest absolute Gasteiger partial charge is 0.429 e. The minimum Gasteiger partial charge on any atom is -0.429 e. The summed E-state index contributed by atoms with van der Waals surface area (Å²) in [4.78, 5) is 1.86. The molecule has 1 aliphatic rings. The van der Waals surface area contributed by atoms with Crippen LogP contribution in [-0.4, -0.2) is 19.7 Å². The molecule has 1 aromatic rings. The number of alkyl halides is 2. The smallest absolute Gasteiger partial charge is 0.387 e. The Labute approximate surface area is 91.6 Å². The minimum atomic E-state index is -3.00. The SMILES string of the molecule is Fc1cccc(N2CCCC2)c1OC(F)F. The number of rotatable bonds is 3. The van der Waals surface area contributed by atoms with Gasteiger partial charge in [0.2, 0.25) is 0 Å². The zero-order valence-corrected chi connectivity index (χ0v) is 8.63. The van der Waals surface area contributed by atoms with Crippen molar-refractivity contribution in [2.75, 3.05) is 18.0 Å². The van der Waals surface area contributed by atoms with Crippen LogP contribution < -0.4 is 9.64 Å². The summed E-state index contributed by atoms with van der Waals surface area (Å²) in [5.74, 6) is -1.09. The first kappa shape index (κ1) is 11.1. The van der Waals surface area contributed by atoms with Crippen LogP contribution in [-0.2, 0) is 0 Å². The van der Waals surface area contributed by atoms with Gasteiger partial charge in [0.25, 0.3) is 0 Å². The maximum atomic E-state index is 13.4. The molecule has 0 spiro atoms. The Bertz CT molecular complexity index is 364. The first-order chi connectivity index (χ1) is 7.68. The molecule has 0 unspecified atom stereocenters. The Balaban J connectivity index is 2.31. The predicted molar refractivity (Wildman–Crippen MR) is 54.5 cm³/mol. The van der Waals surface area contributed by atoms with Crippen molar-refractivity contribution in [2.45, 2.75) is 19.5 Å². The molecule has 0 aliphatic carbocycles. The second-order valence-corrected chi connectivity index (χ2v) is 3.66. The molecule has 88 valence electrons. The molecular weight excluding hydrogens is 219 g/mol. The Kier molecular flexibility index (Phi) is 3.22. The van der Waals surface area contributed by atoms with E-state index in [0.717, 1.165) is 32.0 Å². The number of halogens is 3. The third kappa shape index (κ3) is 2.23. The van der Waals surface area contributed by atoms with E-state index in [1.807, 2.05) is 4.90 Å². The van der Waals surface area contributed by atoms with Gasteiger partial charge in [0.05, 0.1) is 5.69 Å². The number of nitrogens with zero attached hydrogens (tertiary/aromatic N) is 1. The minimum absolute atomic E-state index is 0.348. The van der Waals surface area contributed by atoms with Crippen LogP contribution in [0.15, 0.2) is 18.2 Å². The highest BCUT2D eigenvalue weighted by Crippen LogP contribution is 2.34. The first-order valence-electron chi connectivity index (χ1n) is 5.17. The van der Waals surface area contributed by atoms with Crippen LogP contribution in [0.3, 0.4) is 0 Å². The summed E-state index contributed by atoms with van der Waals surface area (Å²) in [6, 6.07) is 4.23. The van der Waals surface area contributed by atoms with Gasteiger partial charge in [-0.25, -0.2) is 4.39 Å². The molecule has 2 rings (SSSR count). The van der Waals surface area contributed by atoms with E-state index in [2.05, 4.69) is 4.74 Å². The predicted octanol–water partition coefficient (Wildman–Crippen LogP) is 3.03. The van der Waals surface area contributed by atoms with Gasteiger partial charge in [-0.15, -0.1) is 0 Å². The molecule has 0 N–H and O–H groups in total. The maximum Gasteiger partial charge on any atom is 0.387 e. The Morgan fingerprint density at radius 2 is 1.88 bits per heavy atom. The lowest BCUT2D eigenvalue weighted by molar-refractivity contribution is -0.0518. The van der Waals surface area contributed by atoms with Crippen molar-refractivity contribution in [1.29, 1.82) is 0 Å². The van der Waals surface area contributed by atoms with Crippen LogP contribution in [0, 0.1) is 5.82 Å². The lowest BCUT2D eigenvalue weighted by Crippen LogP contribution is -2.19. The number of ether oxygens (including phenoxy) is 1. The molecule has 1 saturated heterocycles. The van der Waals surface area contributed by atoms with Crippen molar-refractivity contribution < 1.29 is 17.9 Å². The molecule has 0 bridgehead atoms. The van der Waals surface area contributed by atoms with Gasteiger partial charge in [-0.05, 0) is 25.0 Å². The van der Waals surface area contributed by atoms with Crippen molar-refractivity contribution in [3.05, 3.63) is 24.0 Å². The normalized spacial score (nSPS) is 15.9. The van der Waals surface area contributed by atoms with Gasteiger partial charge in [-0.1, -0.05) is 6.07 Å². The molecule has 0 aromatic heterocycles. The zero-order valence-electron chi connectivity index (χ0n) is 8.63. The molecule has 0 atom stereocenters. The van der Waals surface area contributed by atoms with Crippen LogP contribution in [0.5, 0.6) is 5.75 Å². The molecule has 0 saturated carbocycles. The molecule has 0 radical (unpaired) electrons. The molecule has 1 heterocycles. The second kappa shape index (κ2) is 4.63. The summed E-state index contributed by atoms with van der Waals surface area (Å²) in [6.45, 7) is -1.50. The molecule has 1 fully saturated rings. The van der Waals surface area contributed by atoms with Crippen molar-refractivity contribution in [3.63, 3.8) is 0 Å². The van der Waals surface area contributed by atoms with Gasteiger partial charge in [-0.2, -0.15) is 8.78 Å². The van der Waals surface area contributed by atoms with Crippen LogP contribution in [0.1, 0.15) is 12.8 Å². The quantitative estimate of drug-likeness (QED) is 0.792. The Morgan fingerprint density at radius 1 is 1.19 bits per heavy atom. The van der Waals surface area contributed by atoms with Crippen LogP contribution >= 0.6 is 0 Å². The van der Waals surface area contributed by atoms with Crippen LogP contribution in [0.2, 0.25) is 0 Å². The van der Waals surface area contributed by atoms with E-state index in [9.17, 15) is 13.2 Å². The summed E-state index contributed by atoms with van der Waals surface area (Å²) in [7, 11) is 0. The number of hydrogen-bond donors (Lipinski definition) is 0. The lowest BCUT2D eigenvalue weighted by Gasteiger charge is -2.21. The van der Waals surface area contributed by atoms with Crippen molar-refractivity contribution in [1.82, 2.24) is 0 Å². The highest BCUT2D eigenvalue weighted by atomic mass is 19.3. The molecule has 16 heavy (non-hydrogen) atoms. The molecule has 1 aromatic carbocycles. The summed E-state index contributed by atoms with van der Waals surface area (Å²) < 4.78 is 41.9. The highest BCUT2D eigenvalue weighted by Gasteiger charge is 2.21. The monoisotopic (exact) mass is 231 g/mol. The van der Waals surface area contributed by atoms with E-state index in [-0.39, 0.29) is 5.75 Å². The number of para-hydroxylation sites is 1. The fraction of sp³-hybridized carbons (Fsp3) is 0.455. The van der Waals surface area contributed by atoms with E-state index in [4.69, 9.17) is 0 Å². The maximum absolute atomic E-state index is 13.4. The topological polar surface area (TPSA) is 12.5 Å². The van der Waals surface area contributed by atoms with E-state index < -0.39 is 12.4 Å². The molecule has 5 heteroatoms. The molecule has 1 aliphatic heterocycles. The zero-order chi connectivity index (χ0) is 11.5. The third-order valence-electron chi connectivity index (χ3n) is 2.60. The van der Waals surface area contributed by atoms with Crippen molar-refractivity contribution in [2.24, 2.45) is 0 Å². The Morgan fingerprint density at radius 3 is 2.50 bits per heavy atom. The second-order valence-electron chi connectivity index (χ2n) is 3.66. The van der Waals surface area contributed by atoms with Gasteiger partial charge < -0.3 is 9.64 Å². The Hall–Kier alpha value is -1.39. The fourth-order valence-electron chi connectivity index (χ4n) is 1.91. The fourth-order valence-corrected chi connectivity index (χ4v) is 1.91.